The molecule has 1 saturated heterocycles. The van der Waals surface area contributed by atoms with Crippen molar-refractivity contribution in [2.24, 2.45) is 0 Å². The first-order valence-electron chi connectivity index (χ1n) is 8.66. The lowest BCUT2D eigenvalue weighted by molar-refractivity contribution is 0.0873. The summed E-state index contributed by atoms with van der Waals surface area (Å²) in [6.07, 6.45) is 6.27. The van der Waals surface area contributed by atoms with E-state index in [1.165, 1.54) is 56.3 Å². The van der Waals surface area contributed by atoms with Gasteiger partial charge in [0.1, 0.15) is 0 Å². The summed E-state index contributed by atoms with van der Waals surface area (Å²) in [6, 6.07) is 9.60. The number of likely N-dealkylation sites (tertiary alicyclic amines) is 1. The van der Waals surface area contributed by atoms with Crippen LogP contribution in [0.4, 0.5) is 0 Å². The molecule has 2 atom stereocenters. The fourth-order valence-corrected chi connectivity index (χ4v) is 3.89. The SMILES string of the molecule is CCCc1cccc(C(NC)C(C)(CC)N2CCCC2)c1. The van der Waals surface area contributed by atoms with Crippen LogP contribution >= 0.6 is 0 Å². The van der Waals surface area contributed by atoms with Gasteiger partial charge in [-0.1, -0.05) is 44.5 Å². The number of nitrogens with one attached hydrogen (secondary N) is 1. The van der Waals surface area contributed by atoms with Crippen molar-refractivity contribution < 1.29 is 0 Å². The molecule has 1 aromatic rings. The first kappa shape index (κ1) is 16.5. The number of nitrogens with zero attached hydrogens (tertiary/aromatic N) is 1. The van der Waals surface area contributed by atoms with Crippen LogP contribution in [0.3, 0.4) is 0 Å². The topological polar surface area (TPSA) is 15.3 Å². The highest BCUT2D eigenvalue weighted by Gasteiger charge is 2.39. The molecule has 1 N–H and O–H groups in total. The van der Waals surface area contributed by atoms with Crippen molar-refractivity contribution >= 4 is 0 Å². The van der Waals surface area contributed by atoms with E-state index in [0.29, 0.717) is 6.04 Å². The van der Waals surface area contributed by atoms with Gasteiger partial charge in [0.15, 0.2) is 0 Å². The first-order valence-corrected chi connectivity index (χ1v) is 8.66. The molecule has 0 saturated carbocycles. The summed E-state index contributed by atoms with van der Waals surface area (Å²) in [5, 5.41) is 3.61. The van der Waals surface area contributed by atoms with E-state index in [1.807, 2.05) is 0 Å². The van der Waals surface area contributed by atoms with Crippen LogP contribution in [0.15, 0.2) is 24.3 Å². The first-order chi connectivity index (χ1) is 10.2. The zero-order valence-electron chi connectivity index (χ0n) is 14.3. The number of benzene rings is 1. The Hall–Kier alpha value is -0.860. The van der Waals surface area contributed by atoms with Gasteiger partial charge in [0.05, 0.1) is 6.04 Å². The fraction of sp³-hybridized carbons (Fsp3) is 0.684. The van der Waals surface area contributed by atoms with Gasteiger partial charge in [-0.25, -0.2) is 0 Å². The van der Waals surface area contributed by atoms with E-state index in [0.717, 1.165) is 0 Å². The van der Waals surface area contributed by atoms with E-state index in [2.05, 4.69) is 62.3 Å². The minimum absolute atomic E-state index is 0.204. The van der Waals surface area contributed by atoms with Crippen molar-refractivity contribution in [3.05, 3.63) is 35.4 Å². The molecule has 1 heterocycles. The van der Waals surface area contributed by atoms with Crippen molar-refractivity contribution in [2.45, 2.75) is 64.5 Å². The van der Waals surface area contributed by atoms with Gasteiger partial charge in [-0.2, -0.15) is 0 Å². The Morgan fingerprint density at radius 3 is 2.52 bits per heavy atom. The quantitative estimate of drug-likeness (QED) is 0.810. The predicted octanol–water partition coefficient (Wildman–Crippen LogP) is 4.16. The summed E-state index contributed by atoms with van der Waals surface area (Å²) in [4.78, 5) is 2.70. The van der Waals surface area contributed by atoms with Crippen LogP contribution in [0.2, 0.25) is 0 Å². The summed E-state index contributed by atoms with van der Waals surface area (Å²) < 4.78 is 0. The smallest absolute Gasteiger partial charge is 0.0502 e. The Kier molecular flexibility index (Phi) is 5.83. The molecule has 0 spiro atoms. The molecule has 118 valence electrons. The molecule has 1 aliphatic heterocycles. The largest absolute Gasteiger partial charge is 0.311 e. The average molecular weight is 288 g/mol. The maximum absolute atomic E-state index is 3.61. The lowest BCUT2D eigenvalue weighted by Crippen LogP contribution is -2.52. The highest BCUT2D eigenvalue weighted by Crippen LogP contribution is 2.36. The van der Waals surface area contributed by atoms with Gasteiger partial charge in [-0.15, -0.1) is 0 Å². The van der Waals surface area contributed by atoms with Crippen molar-refractivity contribution in [3.63, 3.8) is 0 Å². The Morgan fingerprint density at radius 2 is 1.95 bits per heavy atom. The number of rotatable bonds is 7. The molecular weight excluding hydrogens is 256 g/mol. The molecule has 0 bridgehead atoms. The lowest BCUT2D eigenvalue weighted by Gasteiger charge is -2.45. The van der Waals surface area contributed by atoms with Crippen molar-refractivity contribution in [2.75, 3.05) is 20.1 Å². The monoisotopic (exact) mass is 288 g/mol. The van der Waals surface area contributed by atoms with Gasteiger partial charge in [0.25, 0.3) is 0 Å². The van der Waals surface area contributed by atoms with Crippen LogP contribution < -0.4 is 5.32 Å². The molecule has 1 fully saturated rings. The van der Waals surface area contributed by atoms with Crippen LogP contribution in [-0.2, 0) is 6.42 Å². The lowest BCUT2D eigenvalue weighted by atomic mass is 9.82. The number of hydrogen-bond donors (Lipinski definition) is 1. The minimum atomic E-state index is 0.204. The maximum atomic E-state index is 3.61. The van der Waals surface area contributed by atoms with Crippen LogP contribution in [0.5, 0.6) is 0 Å². The van der Waals surface area contributed by atoms with Gasteiger partial charge >= 0.3 is 0 Å². The Labute approximate surface area is 130 Å². The number of hydrogen-bond acceptors (Lipinski definition) is 2. The summed E-state index contributed by atoms with van der Waals surface area (Å²) in [5.41, 5.74) is 3.12. The molecule has 2 heteroatoms. The zero-order valence-corrected chi connectivity index (χ0v) is 14.3. The summed E-state index contributed by atoms with van der Waals surface area (Å²) in [7, 11) is 2.11. The molecule has 0 amide bonds. The third-order valence-electron chi connectivity index (χ3n) is 5.28. The summed E-state index contributed by atoms with van der Waals surface area (Å²) >= 11 is 0. The van der Waals surface area contributed by atoms with Crippen molar-refractivity contribution in [3.8, 4) is 0 Å². The highest BCUT2D eigenvalue weighted by atomic mass is 15.2. The van der Waals surface area contributed by atoms with Crippen LogP contribution in [-0.4, -0.2) is 30.6 Å². The zero-order chi connectivity index (χ0) is 15.3. The van der Waals surface area contributed by atoms with Crippen molar-refractivity contribution in [1.29, 1.82) is 0 Å². The maximum Gasteiger partial charge on any atom is 0.0502 e. The predicted molar refractivity (Wildman–Crippen MR) is 91.7 cm³/mol. The highest BCUT2D eigenvalue weighted by molar-refractivity contribution is 5.29. The molecule has 2 rings (SSSR count). The summed E-state index contributed by atoms with van der Waals surface area (Å²) in [6.45, 7) is 9.52. The standard InChI is InChI=1S/C19H32N2/c1-5-10-16-11-9-12-17(15-16)18(20-4)19(3,6-2)21-13-7-8-14-21/h9,11-12,15,18,20H,5-8,10,13-14H2,1-4H3. The van der Waals surface area contributed by atoms with E-state index in [4.69, 9.17) is 0 Å². The average Bonchev–Trinajstić information content (AvgIpc) is 3.03. The van der Waals surface area contributed by atoms with Crippen molar-refractivity contribution in [1.82, 2.24) is 10.2 Å². The van der Waals surface area contributed by atoms with Gasteiger partial charge in [0.2, 0.25) is 0 Å². The third kappa shape index (κ3) is 3.49. The molecule has 21 heavy (non-hydrogen) atoms. The van der Waals surface area contributed by atoms with Gasteiger partial charge in [0, 0.05) is 5.54 Å². The Morgan fingerprint density at radius 1 is 1.24 bits per heavy atom. The minimum Gasteiger partial charge on any atom is -0.311 e. The second kappa shape index (κ2) is 7.42. The number of likely N-dealkylation sites (N-methyl/N-ethyl adjacent to an activating group) is 1. The van der Waals surface area contributed by atoms with Crippen LogP contribution in [0.25, 0.3) is 0 Å². The molecule has 1 aromatic carbocycles. The summed E-state index contributed by atoms with van der Waals surface area (Å²) in [5.74, 6) is 0. The van der Waals surface area contributed by atoms with E-state index in [-0.39, 0.29) is 5.54 Å². The van der Waals surface area contributed by atoms with E-state index >= 15 is 0 Å². The number of aryl methyl sites for hydroxylation is 1. The molecule has 1 aliphatic rings. The Bertz CT molecular complexity index is 437. The van der Waals surface area contributed by atoms with E-state index < -0.39 is 0 Å². The normalized spacial score (nSPS) is 20.4. The van der Waals surface area contributed by atoms with Crippen LogP contribution in [0.1, 0.15) is 63.6 Å². The van der Waals surface area contributed by atoms with Gasteiger partial charge in [-0.3, -0.25) is 4.90 Å². The fourth-order valence-electron chi connectivity index (χ4n) is 3.89. The van der Waals surface area contributed by atoms with Gasteiger partial charge < -0.3 is 5.32 Å². The van der Waals surface area contributed by atoms with E-state index in [9.17, 15) is 0 Å². The molecule has 0 aromatic heterocycles. The van der Waals surface area contributed by atoms with Crippen LogP contribution in [0, 0.1) is 0 Å². The Balaban J connectivity index is 2.29. The third-order valence-corrected chi connectivity index (χ3v) is 5.28. The second-order valence-electron chi connectivity index (χ2n) is 6.62. The molecule has 2 nitrogen and oxygen atoms in total. The second-order valence-corrected chi connectivity index (χ2v) is 6.62. The molecule has 0 radical (unpaired) electrons. The molecule has 0 aliphatic carbocycles. The molecule has 2 unspecified atom stereocenters. The molecular formula is C19H32N2. The van der Waals surface area contributed by atoms with E-state index in [1.54, 1.807) is 0 Å². The van der Waals surface area contributed by atoms with Gasteiger partial charge in [-0.05, 0) is 63.9 Å².